The minimum Gasteiger partial charge on any atom is -0.481 e. The lowest BCUT2D eigenvalue weighted by Crippen LogP contribution is -2.43. The van der Waals surface area contributed by atoms with Crippen LogP contribution in [0.5, 0.6) is 0 Å². The van der Waals surface area contributed by atoms with E-state index in [2.05, 4.69) is 0 Å². The average Bonchev–Trinajstić information content (AvgIpc) is 1.83. The molecule has 0 fully saturated rings. The van der Waals surface area contributed by atoms with Crippen molar-refractivity contribution in [2.24, 2.45) is 5.92 Å². The number of nitrogens with zero attached hydrogens (tertiary/aromatic N) is 1. The van der Waals surface area contributed by atoms with Crippen molar-refractivity contribution in [1.82, 2.24) is 0 Å². The maximum atomic E-state index is 10.7. The van der Waals surface area contributed by atoms with Crippen molar-refractivity contribution < 1.29 is 19.1 Å². The Morgan fingerprint density at radius 1 is 1.50 bits per heavy atom. The van der Waals surface area contributed by atoms with E-state index in [9.17, 15) is 4.79 Å². The number of quaternary nitrogens is 1. The van der Waals surface area contributed by atoms with Crippen LogP contribution in [0, 0.1) is 5.92 Å². The van der Waals surface area contributed by atoms with Crippen LogP contribution < -0.4 is 0 Å². The molecule has 0 rings (SSSR count). The highest BCUT2D eigenvalue weighted by Gasteiger charge is 2.24. The molecule has 0 aliphatic carbocycles. The standard InChI is InChI=1S/C8H17NO3/c1-9(2,3)5-7(6-12-4)8(10)11/h7H,5-6H2,1-4H3/p+1. The molecule has 0 heterocycles. The Kier molecular flexibility index (Phi) is 4.20. The van der Waals surface area contributed by atoms with Crippen molar-refractivity contribution >= 4 is 5.97 Å². The zero-order valence-electron chi connectivity index (χ0n) is 8.20. The van der Waals surface area contributed by atoms with Crippen molar-refractivity contribution in [2.75, 3.05) is 41.4 Å². The lowest BCUT2D eigenvalue weighted by Gasteiger charge is -2.26. The van der Waals surface area contributed by atoms with E-state index < -0.39 is 11.9 Å². The summed E-state index contributed by atoms with van der Waals surface area (Å²) in [6.45, 7) is 0.869. The minimum atomic E-state index is -0.787. The lowest BCUT2D eigenvalue weighted by atomic mass is 10.1. The van der Waals surface area contributed by atoms with E-state index in [4.69, 9.17) is 9.84 Å². The zero-order chi connectivity index (χ0) is 9.78. The molecular weight excluding hydrogens is 158 g/mol. The van der Waals surface area contributed by atoms with Crippen molar-refractivity contribution in [1.29, 1.82) is 0 Å². The lowest BCUT2D eigenvalue weighted by molar-refractivity contribution is -0.872. The number of aliphatic carboxylic acids is 1. The summed E-state index contributed by atoms with van der Waals surface area (Å²) in [7, 11) is 7.41. The third-order valence-electron chi connectivity index (χ3n) is 1.49. The first-order valence-corrected chi connectivity index (χ1v) is 3.89. The molecule has 0 spiro atoms. The van der Waals surface area contributed by atoms with Crippen LogP contribution in [0.2, 0.25) is 0 Å². The van der Waals surface area contributed by atoms with Gasteiger partial charge < -0.3 is 14.3 Å². The molecule has 72 valence electrons. The Morgan fingerprint density at radius 3 is 2.25 bits per heavy atom. The van der Waals surface area contributed by atoms with Gasteiger partial charge in [-0.3, -0.25) is 4.79 Å². The highest BCUT2D eigenvalue weighted by Crippen LogP contribution is 2.03. The van der Waals surface area contributed by atoms with E-state index >= 15 is 0 Å². The Bertz CT molecular complexity index is 151. The molecule has 0 saturated heterocycles. The first-order chi connectivity index (χ1) is 5.37. The first-order valence-electron chi connectivity index (χ1n) is 3.89. The summed E-state index contributed by atoms with van der Waals surface area (Å²) in [5, 5.41) is 8.78. The molecule has 0 bridgehead atoms. The summed E-state index contributed by atoms with van der Waals surface area (Å²) in [6.07, 6.45) is 0. The van der Waals surface area contributed by atoms with E-state index in [0.717, 1.165) is 0 Å². The number of carbonyl (C=O) groups is 1. The minimum absolute atomic E-state index is 0.283. The molecule has 0 radical (unpaired) electrons. The van der Waals surface area contributed by atoms with Gasteiger partial charge in [0.2, 0.25) is 0 Å². The fourth-order valence-electron chi connectivity index (χ4n) is 1.06. The fraction of sp³-hybridized carbons (Fsp3) is 0.875. The van der Waals surface area contributed by atoms with Crippen LogP contribution in [0.25, 0.3) is 0 Å². The van der Waals surface area contributed by atoms with Gasteiger partial charge in [0.25, 0.3) is 0 Å². The molecule has 0 aromatic carbocycles. The predicted octanol–water partition coefficient (Wildman–Crippen LogP) is 0.0398. The molecule has 0 aliphatic rings. The van der Waals surface area contributed by atoms with E-state index in [1.54, 1.807) is 0 Å². The molecule has 4 nitrogen and oxygen atoms in total. The van der Waals surface area contributed by atoms with Gasteiger partial charge in [-0.05, 0) is 0 Å². The molecule has 1 N–H and O–H groups in total. The van der Waals surface area contributed by atoms with Crippen molar-refractivity contribution in [2.45, 2.75) is 0 Å². The van der Waals surface area contributed by atoms with Crippen LogP contribution in [0.1, 0.15) is 0 Å². The predicted molar refractivity (Wildman–Crippen MR) is 45.9 cm³/mol. The monoisotopic (exact) mass is 176 g/mol. The summed E-state index contributed by atoms with van der Waals surface area (Å²) >= 11 is 0. The molecular formula is C8H18NO3+. The van der Waals surface area contributed by atoms with E-state index in [-0.39, 0.29) is 6.61 Å². The molecule has 4 heteroatoms. The Morgan fingerprint density at radius 2 is 2.00 bits per heavy atom. The van der Waals surface area contributed by atoms with Crippen molar-refractivity contribution in [3.05, 3.63) is 0 Å². The van der Waals surface area contributed by atoms with Gasteiger partial charge in [0.15, 0.2) is 0 Å². The van der Waals surface area contributed by atoms with Crippen molar-refractivity contribution in [3.63, 3.8) is 0 Å². The number of rotatable bonds is 5. The second-order valence-electron chi connectivity index (χ2n) is 3.96. The average molecular weight is 176 g/mol. The third kappa shape index (κ3) is 5.09. The van der Waals surface area contributed by atoms with E-state index in [0.29, 0.717) is 11.0 Å². The Labute approximate surface area is 73.3 Å². The van der Waals surface area contributed by atoms with Gasteiger partial charge in [0, 0.05) is 7.11 Å². The van der Waals surface area contributed by atoms with Crippen LogP contribution in [0.4, 0.5) is 0 Å². The summed E-state index contributed by atoms with van der Waals surface area (Å²) in [5.41, 5.74) is 0. The number of carboxylic acids is 1. The van der Waals surface area contributed by atoms with Gasteiger partial charge in [0.05, 0.1) is 34.3 Å². The van der Waals surface area contributed by atoms with Crippen molar-refractivity contribution in [3.8, 4) is 0 Å². The normalized spacial score (nSPS) is 14.3. The smallest absolute Gasteiger partial charge is 0.314 e. The van der Waals surface area contributed by atoms with Crippen LogP contribution >= 0.6 is 0 Å². The number of carboxylic acid groups (broad SMARTS) is 1. The number of hydrogen-bond acceptors (Lipinski definition) is 2. The van der Waals surface area contributed by atoms with Crippen LogP contribution in [0.15, 0.2) is 0 Å². The maximum Gasteiger partial charge on any atom is 0.314 e. The summed E-state index contributed by atoms with van der Waals surface area (Å²) in [5.74, 6) is -1.19. The number of hydrogen-bond donors (Lipinski definition) is 1. The summed E-state index contributed by atoms with van der Waals surface area (Å²) in [4.78, 5) is 10.7. The zero-order valence-corrected chi connectivity index (χ0v) is 8.20. The van der Waals surface area contributed by atoms with Crippen LogP contribution in [-0.2, 0) is 9.53 Å². The molecule has 0 amide bonds. The number of ether oxygens (including phenoxy) is 1. The topological polar surface area (TPSA) is 46.5 Å². The Hall–Kier alpha value is -0.610. The van der Waals surface area contributed by atoms with E-state index in [1.165, 1.54) is 7.11 Å². The quantitative estimate of drug-likeness (QED) is 0.602. The molecule has 0 aliphatic heterocycles. The van der Waals surface area contributed by atoms with Gasteiger partial charge in [-0.25, -0.2) is 0 Å². The van der Waals surface area contributed by atoms with Crippen LogP contribution in [0.3, 0.4) is 0 Å². The fourth-order valence-corrected chi connectivity index (χ4v) is 1.06. The van der Waals surface area contributed by atoms with E-state index in [1.807, 2.05) is 21.1 Å². The molecule has 0 aromatic rings. The molecule has 0 saturated carbocycles. The molecule has 1 atom stereocenters. The number of methoxy groups -OCH3 is 1. The highest BCUT2D eigenvalue weighted by molar-refractivity contribution is 5.70. The van der Waals surface area contributed by atoms with Crippen LogP contribution in [-0.4, -0.2) is 57.0 Å². The second-order valence-corrected chi connectivity index (χ2v) is 3.96. The summed E-state index contributed by atoms with van der Waals surface area (Å²) in [6, 6.07) is 0. The molecule has 0 aromatic heterocycles. The molecule has 12 heavy (non-hydrogen) atoms. The first kappa shape index (κ1) is 11.4. The van der Waals surface area contributed by atoms with Gasteiger partial charge >= 0.3 is 5.97 Å². The van der Waals surface area contributed by atoms with Gasteiger partial charge in [-0.15, -0.1) is 0 Å². The molecule has 1 unspecified atom stereocenters. The van der Waals surface area contributed by atoms with Gasteiger partial charge in [-0.2, -0.15) is 0 Å². The van der Waals surface area contributed by atoms with Gasteiger partial charge in [0.1, 0.15) is 5.92 Å². The second kappa shape index (κ2) is 4.42. The van der Waals surface area contributed by atoms with Gasteiger partial charge in [-0.1, -0.05) is 0 Å². The highest BCUT2D eigenvalue weighted by atomic mass is 16.5. The SMILES string of the molecule is COCC(C[N+](C)(C)C)C(=O)O. The largest absolute Gasteiger partial charge is 0.481 e. The maximum absolute atomic E-state index is 10.7. The third-order valence-corrected chi connectivity index (χ3v) is 1.49. The Balaban J connectivity index is 4.05. The summed E-state index contributed by atoms with van der Waals surface area (Å²) < 4.78 is 5.46.